The Bertz CT molecular complexity index is 457. The zero-order chi connectivity index (χ0) is 12.3. The Balaban J connectivity index is 1.93. The summed E-state index contributed by atoms with van der Waals surface area (Å²) in [5, 5.41) is 13.9. The molecule has 1 heterocycles. The van der Waals surface area contributed by atoms with Crippen LogP contribution in [0.4, 0.5) is 5.69 Å². The van der Waals surface area contributed by atoms with Gasteiger partial charge in [0.2, 0.25) is 11.8 Å². The van der Waals surface area contributed by atoms with Crippen LogP contribution in [0.3, 0.4) is 0 Å². The number of aliphatic hydroxyl groups is 1. The Kier molecular flexibility index (Phi) is 3.39. The zero-order valence-corrected chi connectivity index (χ0v) is 9.32. The average molecular weight is 234 g/mol. The van der Waals surface area contributed by atoms with E-state index in [2.05, 4.69) is 10.6 Å². The highest BCUT2D eigenvalue weighted by Gasteiger charge is 2.17. The minimum absolute atomic E-state index is 0.0192. The maximum Gasteiger partial charge on any atom is 0.245 e. The molecule has 0 saturated carbocycles. The Hall–Kier alpha value is -1.88. The van der Waals surface area contributed by atoms with Gasteiger partial charge in [-0.1, -0.05) is 12.1 Å². The molecule has 5 heteroatoms. The molecule has 1 aliphatic heterocycles. The fraction of sp³-hybridized carbons (Fsp3) is 0.333. The molecule has 2 amide bonds. The first-order valence-electron chi connectivity index (χ1n) is 5.48. The molecule has 90 valence electrons. The van der Waals surface area contributed by atoms with Crippen molar-refractivity contribution in [1.82, 2.24) is 5.32 Å². The van der Waals surface area contributed by atoms with Crippen molar-refractivity contribution in [2.45, 2.75) is 12.8 Å². The van der Waals surface area contributed by atoms with Gasteiger partial charge in [-0.15, -0.1) is 0 Å². The normalized spacial score (nSPS) is 13.1. The maximum absolute atomic E-state index is 11.2. The Labute approximate surface area is 98.8 Å². The van der Waals surface area contributed by atoms with E-state index in [0.717, 1.165) is 16.8 Å². The second-order valence-electron chi connectivity index (χ2n) is 3.97. The van der Waals surface area contributed by atoms with Crippen LogP contribution in [0.25, 0.3) is 0 Å². The fourth-order valence-corrected chi connectivity index (χ4v) is 1.82. The van der Waals surface area contributed by atoms with Crippen LogP contribution in [0.1, 0.15) is 11.1 Å². The number of carbonyl (C=O) groups excluding carboxylic acids is 2. The number of anilines is 1. The van der Waals surface area contributed by atoms with E-state index in [-0.39, 0.29) is 11.8 Å². The van der Waals surface area contributed by atoms with Crippen LogP contribution in [0.2, 0.25) is 0 Å². The number of hydrogen-bond donors (Lipinski definition) is 3. The number of aliphatic hydroxyl groups excluding tert-OH is 1. The van der Waals surface area contributed by atoms with Crippen molar-refractivity contribution in [3.05, 3.63) is 29.3 Å². The highest BCUT2D eigenvalue weighted by Crippen LogP contribution is 2.23. The van der Waals surface area contributed by atoms with Gasteiger partial charge in [0, 0.05) is 12.2 Å². The third-order valence-electron chi connectivity index (χ3n) is 2.68. The summed E-state index contributed by atoms with van der Waals surface area (Å²) >= 11 is 0. The van der Waals surface area contributed by atoms with Crippen LogP contribution in [-0.2, 0) is 22.4 Å². The number of benzene rings is 1. The quantitative estimate of drug-likeness (QED) is 0.677. The molecule has 1 aromatic carbocycles. The minimum Gasteiger partial charge on any atom is -0.387 e. The lowest BCUT2D eigenvalue weighted by Crippen LogP contribution is -2.28. The lowest BCUT2D eigenvalue weighted by Gasteiger charge is -2.05. The highest BCUT2D eigenvalue weighted by atomic mass is 16.3. The SMILES string of the molecule is O=C(CO)NCCc1ccc2c(c1)NC(=O)C2. The van der Waals surface area contributed by atoms with E-state index in [1.54, 1.807) is 0 Å². The van der Waals surface area contributed by atoms with Crippen LogP contribution in [-0.4, -0.2) is 30.1 Å². The summed E-state index contributed by atoms with van der Waals surface area (Å²) in [6, 6.07) is 5.80. The van der Waals surface area contributed by atoms with Gasteiger partial charge in [-0.2, -0.15) is 0 Å². The molecular weight excluding hydrogens is 220 g/mol. The van der Waals surface area contributed by atoms with Crippen molar-refractivity contribution in [3.63, 3.8) is 0 Å². The average Bonchev–Trinajstić information content (AvgIpc) is 2.68. The van der Waals surface area contributed by atoms with Gasteiger partial charge in [-0.3, -0.25) is 9.59 Å². The summed E-state index contributed by atoms with van der Waals surface area (Å²) in [6.07, 6.45) is 1.12. The van der Waals surface area contributed by atoms with Crippen LogP contribution in [0.15, 0.2) is 18.2 Å². The van der Waals surface area contributed by atoms with Crippen molar-refractivity contribution in [2.24, 2.45) is 0 Å². The fourth-order valence-electron chi connectivity index (χ4n) is 1.82. The molecule has 0 fully saturated rings. The van der Waals surface area contributed by atoms with Gasteiger partial charge in [0.1, 0.15) is 6.61 Å². The maximum atomic E-state index is 11.2. The number of hydrogen-bond acceptors (Lipinski definition) is 3. The zero-order valence-electron chi connectivity index (χ0n) is 9.32. The highest BCUT2D eigenvalue weighted by molar-refractivity contribution is 5.99. The van der Waals surface area contributed by atoms with Gasteiger partial charge >= 0.3 is 0 Å². The number of rotatable bonds is 4. The first-order chi connectivity index (χ1) is 8.19. The molecule has 17 heavy (non-hydrogen) atoms. The van der Waals surface area contributed by atoms with Crippen molar-refractivity contribution >= 4 is 17.5 Å². The lowest BCUT2D eigenvalue weighted by molar-refractivity contribution is -0.123. The second-order valence-corrected chi connectivity index (χ2v) is 3.97. The van der Waals surface area contributed by atoms with Crippen molar-refractivity contribution in [1.29, 1.82) is 0 Å². The molecule has 1 aliphatic rings. The van der Waals surface area contributed by atoms with Gasteiger partial charge in [-0.25, -0.2) is 0 Å². The number of amides is 2. The van der Waals surface area contributed by atoms with E-state index in [0.29, 0.717) is 19.4 Å². The first-order valence-corrected chi connectivity index (χ1v) is 5.48. The topological polar surface area (TPSA) is 78.4 Å². The van der Waals surface area contributed by atoms with Crippen LogP contribution in [0.5, 0.6) is 0 Å². The lowest BCUT2D eigenvalue weighted by atomic mass is 10.1. The Morgan fingerprint density at radius 1 is 1.47 bits per heavy atom. The van der Waals surface area contributed by atoms with Crippen molar-refractivity contribution < 1.29 is 14.7 Å². The van der Waals surface area contributed by atoms with Gasteiger partial charge in [0.25, 0.3) is 0 Å². The van der Waals surface area contributed by atoms with Gasteiger partial charge in [0.05, 0.1) is 6.42 Å². The molecule has 5 nitrogen and oxygen atoms in total. The third kappa shape index (κ3) is 2.82. The van der Waals surface area contributed by atoms with E-state index in [9.17, 15) is 9.59 Å². The molecule has 0 aromatic heterocycles. The predicted molar refractivity (Wildman–Crippen MR) is 62.6 cm³/mol. The third-order valence-corrected chi connectivity index (χ3v) is 2.68. The molecule has 0 saturated heterocycles. The standard InChI is InChI=1S/C12H14N2O3/c15-7-12(17)13-4-3-8-1-2-9-6-11(16)14-10(9)5-8/h1-2,5,15H,3-4,6-7H2,(H,13,17)(H,14,16). The molecule has 0 aliphatic carbocycles. The largest absolute Gasteiger partial charge is 0.387 e. The summed E-state index contributed by atoms with van der Waals surface area (Å²) in [7, 11) is 0. The molecule has 0 radical (unpaired) electrons. The number of carbonyl (C=O) groups is 2. The molecule has 2 rings (SSSR count). The van der Waals surface area contributed by atoms with Gasteiger partial charge in [0.15, 0.2) is 0 Å². The molecule has 3 N–H and O–H groups in total. The molecule has 1 aromatic rings. The van der Waals surface area contributed by atoms with Gasteiger partial charge < -0.3 is 15.7 Å². The monoisotopic (exact) mass is 234 g/mol. The van der Waals surface area contributed by atoms with Crippen LogP contribution in [0, 0.1) is 0 Å². The van der Waals surface area contributed by atoms with E-state index >= 15 is 0 Å². The summed E-state index contributed by atoms with van der Waals surface area (Å²) in [4.78, 5) is 22.0. The van der Waals surface area contributed by atoms with Crippen LogP contribution < -0.4 is 10.6 Å². The summed E-state index contributed by atoms with van der Waals surface area (Å²) in [5.41, 5.74) is 2.92. The molecule has 0 unspecified atom stereocenters. The first kappa shape index (κ1) is 11.6. The van der Waals surface area contributed by atoms with Crippen molar-refractivity contribution in [3.8, 4) is 0 Å². The molecule has 0 bridgehead atoms. The number of nitrogens with one attached hydrogen (secondary N) is 2. The van der Waals surface area contributed by atoms with Crippen molar-refractivity contribution in [2.75, 3.05) is 18.5 Å². The summed E-state index contributed by atoms with van der Waals surface area (Å²) < 4.78 is 0. The molecule has 0 atom stereocenters. The van der Waals surface area contributed by atoms with Gasteiger partial charge in [-0.05, 0) is 23.6 Å². The van der Waals surface area contributed by atoms with E-state index in [1.165, 1.54) is 0 Å². The van der Waals surface area contributed by atoms with E-state index in [4.69, 9.17) is 5.11 Å². The van der Waals surface area contributed by atoms with Crippen LogP contribution >= 0.6 is 0 Å². The molecular formula is C12H14N2O3. The Morgan fingerprint density at radius 2 is 2.29 bits per heavy atom. The smallest absolute Gasteiger partial charge is 0.245 e. The summed E-state index contributed by atoms with van der Waals surface area (Å²) in [5.74, 6) is -0.356. The predicted octanol–water partition coefficient (Wildman–Crippen LogP) is -0.168. The second kappa shape index (κ2) is 4.97. The van der Waals surface area contributed by atoms with E-state index in [1.807, 2.05) is 18.2 Å². The number of fused-ring (bicyclic) bond motifs is 1. The minimum atomic E-state index is -0.486. The van der Waals surface area contributed by atoms with E-state index < -0.39 is 6.61 Å². The molecule has 0 spiro atoms. The Morgan fingerprint density at radius 3 is 3.06 bits per heavy atom. The summed E-state index contributed by atoms with van der Waals surface area (Å²) in [6.45, 7) is -0.00757.